The molecule has 0 saturated heterocycles. The molecule has 0 fully saturated rings. The third-order valence-electron chi connectivity index (χ3n) is 2.52. The van der Waals surface area contributed by atoms with E-state index in [4.69, 9.17) is 5.11 Å². The second kappa shape index (κ2) is 4.72. The Bertz CT molecular complexity index is 609. The van der Waals surface area contributed by atoms with Crippen molar-refractivity contribution >= 4 is 5.97 Å². The van der Waals surface area contributed by atoms with Crippen molar-refractivity contribution in [1.82, 2.24) is 4.98 Å². The van der Waals surface area contributed by atoms with Gasteiger partial charge < -0.3 is 5.11 Å². The van der Waals surface area contributed by atoms with Gasteiger partial charge in [0.1, 0.15) is 0 Å². The molecule has 1 aromatic carbocycles. The molecule has 0 bridgehead atoms. The number of alkyl halides is 3. The van der Waals surface area contributed by atoms with E-state index < -0.39 is 23.3 Å². The first-order valence-electron chi connectivity index (χ1n) is 5.26. The van der Waals surface area contributed by atoms with Gasteiger partial charge in [0, 0.05) is 11.8 Å². The standard InChI is InChI=1S/C13H8F3NO2/c14-13(15,16)11-8(10-6-1-2-7-17-10)4-3-5-9(11)12(18)19/h1-7H,(H,18,19). The summed E-state index contributed by atoms with van der Waals surface area (Å²) in [5.74, 6) is -1.62. The van der Waals surface area contributed by atoms with Gasteiger partial charge in [0.05, 0.1) is 16.8 Å². The normalized spacial score (nSPS) is 11.3. The van der Waals surface area contributed by atoms with Crippen molar-refractivity contribution in [3.63, 3.8) is 0 Å². The maximum Gasteiger partial charge on any atom is 0.417 e. The fourth-order valence-corrected chi connectivity index (χ4v) is 1.77. The highest BCUT2D eigenvalue weighted by atomic mass is 19.4. The Morgan fingerprint density at radius 3 is 2.37 bits per heavy atom. The number of rotatable bonds is 2. The molecule has 0 aliphatic carbocycles. The molecule has 2 rings (SSSR count). The monoisotopic (exact) mass is 267 g/mol. The van der Waals surface area contributed by atoms with Crippen molar-refractivity contribution in [2.75, 3.05) is 0 Å². The fourth-order valence-electron chi connectivity index (χ4n) is 1.77. The number of carboxylic acid groups (broad SMARTS) is 1. The van der Waals surface area contributed by atoms with Gasteiger partial charge in [-0.1, -0.05) is 18.2 Å². The minimum absolute atomic E-state index is 0.0814. The SMILES string of the molecule is O=C(O)c1cccc(-c2ccccn2)c1C(F)(F)F. The molecular formula is C13H8F3NO2. The van der Waals surface area contributed by atoms with Crippen LogP contribution >= 0.6 is 0 Å². The fraction of sp³-hybridized carbons (Fsp3) is 0.0769. The molecule has 0 amide bonds. The van der Waals surface area contributed by atoms with E-state index in [2.05, 4.69) is 4.98 Å². The third-order valence-corrected chi connectivity index (χ3v) is 2.52. The zero-order valence-electron chi connectivity index (χ0n) is 9.48. The van der Waals surface area contributed by atoms with Crippen LogP contribution in [0.5, 0.6) is 0 Å². The predicted octanol–water partition coefficient (Wildman–Crippen LogP) is 3.47. The minimum Gasteiger partial charge on any atom is -0.478 e. The number of carbonyl (C=O) groups is 1. The summed E-state index contributed by atoms with van der Waals surface area (Å²) in [5.41, 5.74) is -2.12. The molecule has 0 spiro atoms. The van der Waals surface area contributed by atoms with Crippen LogP contribution in [-0.2, 0) is 6.18 Å². The van der Waals surface area contributed by atoms with Gasteiger partial charge in [-0.15, -0.1) is 0 Å². The van der Waals surface area contributed by atoms with E-state index in [0.29, 0.717) is 0 Å². The summed E-state index contributed by atoms with van der Waals surface area (Å²) in [4.78, 5) is 14.8. The number of aromatic carboxylic acids is 1. The highest BCUT2D eigenvalue weighted by Crippen LogP contribution is 2.38. The number of nitrogens with zero attached hydrogens (tertiary/aromatic N) is 1. The first-order chi connectivity index (χ1) is 8.91. The van der Waals surface area contributed by atoms with E-state index in [1.165, 1.54) is 30.5 Å². The number of aromatic nitrogens is 1. The van der Waals surface area contributed by atoms with Gasteiger partial charge in [-0.05, 0) is 18.2 Å². The summed E-state index contributed by atoms with van der Waals surface area (Å²) in [5, 5.41) is 8.88. The van der Waals surface area contributed by atoms with Crippen LogP contribution in [0.3, 0.4) is 0 Å². The van der Waals surface area contributed by atoms with Crippen molar-refractivity contribution in [3.8, 4) is 11.3 Å². The molecule has 0 radical (unpaired) electrons. The zero-order chi connectivity index (χ0) is 14.0. The Hall–Kier alpha value is -2.37. The molecule has 98 valence electrons. The third kappa shape index (κ3) is 2.57. The van der Waals surface area contributed by atoms with E-state index in [0.717, 1.165) is 6.07 Å². The number of hydrogen-bond donors (Lipinski definition) is 1. The van der Waals surface area contributed by atoms with E-state index in [-0.39, 0.29) is 11.3 Å². The van der Waals surface area contributed by atoms with Crippen LogP contribution in [0.4, 0.5) is 13.2 Å². The summed E-state index contributed by atoms with van der Waals surface area (Å²) in [6.07, 6.45) is -3.41. The minimum atomic E-state index is -4.76. The molecule has 0 atom stereocenters. The van der Waals surface area contributed by atoms with Crippen LogP contribution in [0.2, 0.25) is 0 Å². The van der Waals surface area contributed by atoms with Gasteiger partial charge in [0.15, 0.2) is 0 Å². The number of benzene rings is 1. The maximum absolute atomic E-state index is 13.1. The first kappa shape index (κ1) is 13.1. The van der Waals surface area contributed by atoms with Crippen LogP contribution in [0.1, 0.15) is 15.9 Å². The van der Waals surface area contributed by atoms with Gasteiger partial charge in [-0.25, -0.2) is 4.79 Å². The van der Waals surface area contributed by atoms with Gasteiger partial charge in [-0.3, -0.25) is 4.98 Å². The molecule has 0 unspecified atom stereocenters. The van der Waals surface area contributed by atoms with Crippen LogP contribution in [0.15, 0.2) is 42.6 Å². The van der Waals surface area contributed by atoms with Gasteiger partial charge >= 0.3 is 12.1 Å². The van der Waals surface area contributed by atoms with Crippen molar-refractivity contribution in [3.05, 3.63) is 53.7 Å². The molecule has 1 heterocycles. The van der Waals surface area contributed by atoms with E-state index in [1.807, 2.05) is 0 Å². The summed E-state index contributed by atoms with van der Waals surface area (Å²) in [6, 6.07) is 7.90. The van der Waals surface area contributed by atoms with Crippen molar-refractivity contribution in [2.45, 2.75) is 6.18 Å². The lowest BCUT2D eigenvalue weighted by Gasteiger charge is -2.14. The average molecular weight is 267 g/mol. The number of halogens is 3. The maximum atomic E-state index is 13.1. The molecule has 0 saturated carbocycles. The molecular weight excluding hydrogens is 259 g/mol. The predicted molar refractivity (Wildman–Crippen MR) is 61.6 cm³/mol. The van der Waals surface area contributed by atoms with Gasteiger partial charge in [0.25, 0.3) is 0 Å². The second-order valence-corrected chi connectivity index (χ2v) is 3.75. The molecule has 0 aliphatic heterocycles. The van der Waals surface area contributed by atoms with Crippen LogP contribution in [-0.4, -0.2) is 16.1 Å². The molecule has 2 aromatic rings. The van der Waals surface area contributed by atoms with E-state index >= 15 is 0 Å². The molecule has 3 nitrogen and oxygen atoms in total. The molecule has 0 aliphatic rings. The van der Waals surface area contributed by atoms with Crippen molar-refractivity contribution in [1.29, 1.82) is 0 Å². The average Bonchev–Trinajstić information content (AvgIpc) is 2.38. The summed E-state index contributed by atoms with van der Waals surface area (Å²) in [7, 11) is 0. The number of carboxylic acids is 1. The Morgan fingerprint density at radius 2 is 1.84 bits per heavy atom. The lowest BCUT2D eigenvalue weighted by atomic mass is 9.98. The summed E-state index contributed by atoms with van der Waals surface area (Å²) >= 11 is 0. The molecule has 1 aromatic heterocycles. The van der Waals surface area contributed by atoms with Crippen molar-refractivity contribution in [2.24, 2.45) is 0 Å². The molecule has 6 heteroatoms. The van der Waals surface area contributed by atoms with Crippen molar-refractivity contribution < 1.29 is 23.1 Å². The van der Waals surface area contributed by atoms with E-state index in [9.17, 15) is 18.0 Å². The van der Waals surface area contributed by atoms with Crippen LogP contribution in [0.25, 0.3) is 11.3 Å². The molecule has 1 N–H and O–H groups in total. The first-order valence-corrected chi connectivity index (χ1v) is 5.26. The number of pyridine rings is 1. The van der Waals surface area contributed by atoms with Crippen LogP contribution < -0.4 is 0 Å². The topological polar surface area (TPSA) is 50.2 Å². The summed E-state index contributed by atoms with van der Waals surface area (Å²) < 4.78 is 39.2. The Kier molecular flexibility index (Phi) is 3.25. The lowest BCUT2D eigenvalue weighted by molar-refractivity contribution is -0.137. The Morgan fingerprint density at radius 1 is 1.11 bits per heavy atom. The zero-order valence-corrected chi connectivity index (χ0v) is 9.48. The largest absolute Gasteiger partial charge is 0.478 e. The molecule has 19 heavy (non-hydrogen) atoms. The highest BCUT2D eigenvalue weighted by molar-refractivity contribution is 5.92. The lowest BCUT2D eigenvalue weighted by Crippen LogP contribution is -2.14. The summed E-state index contributed by atoms with van der Waals surface area (Å²) in [6.45, 7) is 0. The second-order valence-electron chi connectivity index (χ2n) is 3.75. The van der Waals surface area contributed by atoms with E-state index in [1.54, 1.807) is 6.07 Å². The quantitative estimate of drug-likeness (QED) is 0.906. The van der Waals surface area contributed by atoms with Crippen LogP contribution in [0, 0.1) is 0 Å². The number of hydrogen-bond acceptors (Lipinski definition) is 2. The highest BCUT2D eigenvalue weighted by Gasteiger charge is 2.38. The van der Waals surface area contributed by atoms with Gasteiger partial charge in [-0.2, -0.15) is 13.2 Å². The Labute approximate surface area is 106 Å². The smallest absolute Gasteiger partial charge is 0.417 e. The van der Waals surface area contributed by atoms with Gasteiger partial charge in [0.2, 0.25) is 0 Å². The Balaban J connectivity index is 2.75.